The number of benzene rings is 2. The van der Waals surface area contributed by atoms with Crippen molar-refractivity contribution in [2.75, 3.05) is 12.4 Å². The fraction of sp³-hybridized carbons (Fsp3) is 0.125. The Hall–Kier alpha value is -2.67. The van der Waals surface area contributed by atoms with Crippen molar-refractivity contribution in [3.05, 3.63) is 54.4 Å². The summed E-state index contributed by atoms with van der Waals surface area (Å²) in [6.45, 7) is 0. The molecule has 118 valence electrons. The number of H-pyrrole nitrogens is 1. The Balaban J connectivity index is 1.63. The predicted octanol–water partition coefficient (Wildman–Crippen LogP) is 3.55. The van der Waals surface area contributed by atoms with Crippen molar-refractivity contribution in [2.24, 2.45) is 0 Å². The summed E-state index contributed by atoms with van der Waals surface area (Å²) in [6, 6.07) is 14.7. The van der Waals surface area contributed by atoms with Crippen LogP contribution in [0, 0.1) is 0 Å². The standard InChI is InChI=1S/C16H16N4O2S/c1-22-13-7-2-3-8-14(13)23-10-15-18-16(20-19-15)17-11-5-4-6-12(21)9-11/h2-9,21H,10H2,1H3,(H2,17,18,19,20). The Morgan fingerprint density at radius 1 is 1.22 bits per heavy atom. The van der Waals surface area contributed by atoms with Gasteiger partial charge in [0, 0.05) is 16.6 Å². The minimum absolute atomic E-state index is 0.192. The van der Waals surface area contributed by atoms with E-state index in [9.17, 15) is 5.11 Å². The van der Waals surface area contributed by atoms with Crippen LogP contribution in [-0.2, 0) is 5.75 Å². The lowest BCUT2D eigenvalue weighted by Crippen LogP contribution is -1.92. The van der Waals surface area contributed by atoms with Gasteiger partial charge in [0.1, 0.15) is 17.3 Å². The van der Waals surface area contributed by atoms with E-state index in [2.05, 4.69) is 20.5 Å². The van der Waals surface area contributed by atoms with Crippen LogP contribution >= 0.6 is 11.8 Å². The molecular weight excluding hydrogens is 312 g/mol. The van der Waals surface area contributed by atoms with Crippen LogP contribution < -0.4 is 10.1 Å². The van der Waals surface area contributed by atoms with E-state index in [1.807, 2.05) is 30.3 Å². The molecule has 6 nitrogen and oxygen atoms in total. The third-order valence-electron chi connectivity index (χ3n) is 3.07. The number of aromatic hydroxyl groups is 1. The van der Waals surface area contributed by atoms with Crippen molar-refractivity contribution in [1.82, 2.24) is 15.2 Å². The molecule has 3 aromatic rings. The van der Waals surface area contributed by atoms with E-state index in [-0.39, 0.29) is 5.75 Å². The summed E-state index contributed by atoms with van der Waals surface area (Å²) >= 11 is 1.62. The molecule has 0 unspecified atom stereocenters. The normalized spacial score (nSPS) is 10.5. The highest BCUT2D eigenvalue weighted by Gasteiger charge is 2.07. The number of rotatable bonds is 6. The fourth-order valence-electron chi connectivity index (χ4n) is 2.01. The number of thioether (sulfide) groups is 1. The molecule has 0 fully saturated rings. The van der Waals surface area contributed by atoms with Crippen LogP contribution in [0.3, 0.4) is 0 Å². The monoisotopic (exact) mass is 328 g/mol. The SMILES string of the molecule is COc1ccccc1SCc1nc(Nc2cccc(O)c2)n[nH]1. The fourth-order valence-corrected chi connectivity index (χ4v) is 2.90. The summed E-state index contributed by atoms with van der Waals surface area (Å²) in [4.78, 5) is 5.43. The number of nitrogens with zero attached hydrogens (tertiary/aromatic N) is 2. The van der Waals surface area contributed by atoms with Crippen molar-refractivity contribution >= 4 is 23.4 Å². The number of para-hydroxylation sites is 1. The van der Waals surface area contributed by atoms with Gasteiger partial charge >= 0.3 is 0 Å². The molecule has 0 amide bonds. The van der Waals surface area contributed by atoms with Gasteiger partial charge in [-0.1, -0.05) is 18.2 Å². The lowest BCUT2D eigenvalue weighted by Gasteiger charge is -2.06. The van der Waals surface area contributed by atoms with E-state index >= 15 is 0 Å². The number of aromatic nitrogens is 3. The molecule has 0 bridgehead atoms. The molecule has 3 rings (SSSR count). The van der Waals surface area contributed by atoms with Crippen molar-refractivity contribution in [2.45, 2.75) is 10.6 Å². The summed E-state index contributed by atoms with van der Waals surface area (Å²) in [6.07, 6.45) is 0. The molecule has 1 aromatic heterocycles. The molecule has 1 heterocycles. The smallest absolute Gasteiger partial charge is 0.246 e. The molecule has 0 radical (unpaired) electrons. The maximum atomic E-state index is 9.45. The molecule has 3 N–H and O–H groups in total. The molecule has 2 aromatic carbocycles. The van der Waals surface area contributed by atoms with Crippen molar-refractivity contribution in [3.8, 4) is 11.5 Å². The van der Waals surface area contributed by atoms with Gasteiger partial charge in [-0.3, -0.25) is 5.10 Å². The Kier molecular flexibility index (Phi) is 4.68. The van der Waals surface area contributed by atoms with Gasteiger partial charge in [-0.15, -0.1) is 16.9 Å². The summed E-state index contributed by atoms with van der Waals surface area (Å²) in [5.74, 6) is 2.90. The molecule has 0 saturated carbocycles. The molecule has 0 atom stereocenters. The minimum atomic E-state index is 0.192. The van der Waals surface area contributed by atoms with E-state index in [4.69, 9.17) is 4.74 Å². The number of aromatic amines is 1. The highest BCUT2D eigenvalue weighted by molar-refractivity contribution is 7.98. The maximum Gasteiger partial charge on any atom is 0.246 e. The number of phenols is 1. The first-order valence-corrected chi connectivity index (χ1v) is 7.96. The zero-order valence-corrected chi connectivity index (χ0v) is 13.3. The number of ether oxygens (including phenoxy) is 1. The Bertz CT molecular complexity index is 791. The number of anilines is 2. The first-order valence-electron chi connectivity index (χ1n) is 6.98. The van der Waals surface area contributed by atoms with Crippen LogP contribution in [0.1, 0.15) is 5.82 Å². The van der Waals surface area contributed by atoms with E-state index < -0.39 is 0 Å². The van der Waals surface area contributed by atoms with E-state index in [1.54, 1.807) is 37.1 Å². The zero-order chi connectivity index (χ0) is 16.1. The Morgan fingerprint density at radius 2 is 2.09 bits per heavy atom. The minimum Gasteiger partial charge on any atom is -0.508 e. The van der Waals surface area contributed by atoms with Crippen molar-refractivity contribution < 1.29 is 9.84 Å². The zero-order valence-electron chi connectivity index (χ0n) is 12.5. The first kappa shape index (κ1) is 15.2. The van der Waals surface area contributed by atoms with Crippen LogP contribution in [-0.4, -0.2) is 27.4 Å². The van der Waals surface area contributed by atoms with Crippen LogP contribution in [0.15, 0.2) is 53.4 Å². The third kappa shape index (κ3) is 3.95. The van der Waals surface area contributed by atoms with Gasteiger partial charge in [0.15, 0.2) is 0 Å². The number of methoxy groups -OCH3 is 1. The molecule has 0 saturated heterocycles. The van der Waals surface area contributed by atoms with Crippen LogP contribution in [0.2, 0.25) is 0 Å². The third-order valence-corrected chi connectivity index (χ3v) is 4.13. The molecule has 23 heavy (non-hydrogen) atoms. The topological polar surface area (TPSA) is 83.1 Å². The average molecular weight is 328 g/mol. The van der Waals surface area contributed by atoms with Crippen molar-refractivity contribution in [3.63, 3.8) is 0 Å². The van der Waals surface area contributed by atoms with Gasteiger partial charge in [-0.05, 0) is 24.3 Å². The first-order chi connectivity index (χ1) is 11.2. The maximum absolute atomic E-state index is 9.45. The highest BCUT2D eigenvalue weighted by Crippen LogP contribution is 2.30. The predicted molar refractivity (Wildman–Crippen MR) is 90.3 cm³/mol. The number of hydrogen-bond acceptors (Lipinski definition) is 6. The summed E-state index contributed by atoms with van der Waals surface area (Å²) < 4.78 is 5.33. The van der Waals surface area contributed by atoms with E-state index in [0.29, 0.717) is 11.7 Å². The molecule has 0 spiro atoms. The van der Waals surface area contributed by atoms with Crippen molar-refractivity contribution in [1.29, 1.82) is 0 Å². The number of phenolic OH excluding ortho intramolecular Hbond substituents is 1. The lowest BCUT2D eigenvalue weighted by atomic mass is 10.3. The second-order valence-corrected chi connectivity index (χ2v) is 5.74. The highest BCUT2D eigenvalue weighted by atomic mass is 32.2. The summed E-state index contributed by atoms with van der Waals surface area (Å²) in [5, 5.41) is 19.5. The Labute approximate surface area is 137 Å². The van der Waals surface area contributed by atoms with Gasteiger partial charge in [-0.25, -0.2) is 0 Å². The van der Waals surface area contributed by atoms with Gasteiger partial charge < -0.3 is 15.2 Å². The second kappa shape index (κ2) is 7.06. The second-order valence-electron chi connectivity index (χ2n) is 4.72. The Morgan fingerprint density at radius 3 is 2.91 bits per heavy atom. The summed E-state index contributed by atoms with van der Waals surface area (Å²) in [7, 11) is 1.66. The molecule has 0 aliphatic heterocycles. The van der Waals surface area contributed by atoms with Crippen LogP contribution in [0.25, 0.3) is 0 Å². The average Bonchev–Trinajstić information content (AvgIpc) is 3.00. The largest absolute Gasteiger partial charge is 0.508 e. The molecule has 0 aliphatic rings. The molecule has 0 aliphatic carbocycles. The van der Waals surface area contributed by atoms with Gasteiger partial charge in [-0.2, -0.15) is 4.98 Å². The van der Waals surface area contributed by atoms with Gasteiger partial charge in [0.25, 0.3) is 0 Å². The molecule has 7 heteroatoms. The number of hydrogen-bond donors (Lipinski definition) is 3. The van der Waals surface area contributed by atoms with E-state index in [0.717, 1.165) is 22.2 Å². The number of nitrogens with one attached hydrogen (secondary N) is 2. The van der Waals surface area contributed by atoms with Gasteiger partial charge in [0.2, 0.25) is 5.95 Å². The van der Waals surface area contributed by atoms with Crippen LogP contribution in [0.5, 0.6) is 11.5 Å². The lowest BCUT2D eigenvalue weighted by molar-refractivity contribution is 0.405. The quantitative estimate of drug-likeness (QED) is 0.600. The van der Waals surface area contributed by atoms with E-state index in [1.165, 1.54) is 0 Å². The molecular formula is C16H16N4O2S. The van der Waals surface area contributed by atoms with Gasteiger partial charge in [0.05, 0.1) is 12.9 Å². The summed E-state index contributed by atoms with van der Waals surface area (Å²) in [5.41, 5.74) is 0.730. The van der Waals surface area contributed by atoms with Crippen LogP contribution in [0.4, 0.5) is 11.6 Å².